The predicted octanol–water partition coefficient (Wildman–Crippen LogP) is 5.64. The fourth-order valence-electron chi connectivity index (χ4n) is 7.70. The highest BCUT2D eigenvalue weighted by Gasteiger charge is 2.58. The first-order valence-electron chi connectivity index (χ1n) is 10.7. The van der Waals surface area contributed by atoms with E-state index in [1.54, 1.807) is 11.1 Å². The lowest BCUT2D eigenvalue weighted by atomic mass is 9.47. The summed E-state index contributed by atoms with van der Waals surface area (Å²) in [6.07, 6.45) is 15.4. The fourth-order valence-corrected chi connectivity index (χ4v) is 7.70. The quantitative estimate of drug-likeness (QED) is 0.530. The lowest BCUT2D eigenvalue weighted by molar-refractivity contribution is -0.142. The average Bonchev–Trinajstić information content (AvgIpc) is 3.19. The third-order valence-electron chi connectivity index (χ3n) is 9.10. The Balaban J connectivity index is 1.47. The van der Waals surface area contributed by atoms with Crippen LogP contribution in [0.5, 0.6) is 0 Å². The molecule has 0 aromatic heterocycles. The van der Waals surface area contributed by atoms with Gasteiger partial charge in [-0.2, -0.15) is 0 Å². The second-order valence-corrected chi connectivity index (χ2v) is 9.82. The molecule has 0 N–H and O–H groups in total. The van der Waals surface area contributed by atoms with Crippen molar-refractivity contribution in [2.75, 3.05) is 13.2 Å². The number of allylic oxidation sites excluding steroid dienone is 3. The van der Waals surface area contributed by atoms with Crippen LogP contribution in [0.4, 0.5) is 0 Å². The summed E-state index contributed by atoms with van der Waals surface area (Å²) in [5.41, 5.74) is 4.32. The first-order chi connectivity index (χ1) is 12.0. The van der Waals surface area contributed by atoms with Crippen LogP contribution in [0.15, 0.2) is 23.3 Å². The van der Waals surface area contributed by atoms with E-state index in [0.717, 1.165) is 37.4 Å². The van der Waals surface area contributed by atoms with Gasteiger partial charge in [0.25, 0.3) is 0 Å². The first kappa shape index (κ1) is 16.6. The Hall–Kier alpha value is -0.600. The highest BCUT2D eigenvalue weighted by molar-refractivity contribution is 5.30. The van der Waals surface area contributed by atoms with Crippen LogP contribution in [0.2, 0.25) is 0 Å². The molecule has 3 unspecified atom stereocenters. The summed E-state index contributed by atoms with van der Waals surface area (Å²) in [7, 11) is 0. The molecule has 1 aliphatic heterocycles. The van der Waals surface area contributed by atoms with Crippen LogP contribution in [-0.2, 0) is 9.47 Å². The molecule has 4 aliphatic carbocycles. The molecule has 0 aromatic rings. The maximum atomic E-state index is 6.02. The zero-order valence-electron chi connectivity index (χ0n) is 16.3. The summed E-state index contributed by atoms with van der Waals surface area (Å²) in [6.45, 7) is 8.95. The molecule has 1 heterocycles. The molecule has 25 heavy (non-hydrogen) atoms. The molecule has 5 rings (SSSR count). The Morgan fingerprint density at radius 3 is 2.44 bits per heavy atom. The summed E-state index contributed by atoms with van der Waals surface area (Å²) >= 11 is 0. The van der Waals surface area contributed by atoms with Crippen molar-refractivity contribution in [3.05, 3.63) is 23.3 Å². The molecule has 3 saturated carbocycles. The maximum absolute atomic E-state index is 6.02. The maximum Gasteiger partial charge on any atom is 0.188 e. The lowest BCUT2D eigenvalue weighted by Crippen LogP contribution is -2.51. The molecular formula is C23H34O2. The van der Waals surface area contributed by atoms with Crippen LogP contribution >= 0.6 is 0 Å². The smallest absolute Gasteiger partial charge is 0.188 e. The molecule has 0 amide bonds. The zero-order valence-corrected chi connectivity index (χ0v) is 16.3. The van der Waals surface area contributed by atoms with Gasteiger partial charge in [-0.25, -0.2) is 0 Å². The number of ether oxygens (including phenoxy) is 2. The number of fused-ring (bicyclic) bond motifs is 5. The first-order valence-corrected chi connectivity index (χ1v) is 10.7. The largest absolute Gasteiger partial charge is 0.344 e. The molecule has 0 bridgehead atoms. The molecular weight excluding hydrogens is 308 g/mol. The SMILES string of the molecule is CC=C1CCC2C3CCC4=CC5(CC[C@@]4(C)C3CC[C@@]12C)OCCO5. The van der Waals surface area contributed by atoms with E-state index >= 15 is 0 Å². The molecule has 5 aliphatic rings. The van der Waals surface area contributed by atoms with Crippen LogP contribution in [0.25, 0.3) is 0 Å². The van der Waals surface area contributed by atoms with Gasteiger partial charge in [-0.05, 0) is 86.5 Å². The van der Waals surface area contributed by atoms with Gasteiger partial charge in [0.2, 0.25) is 0 Å². The minimum Gasteiger partial charge on any atom is -0.344 e. The topological polar surface area (TPSA) is 18.5 Å². The van der Waals surface area contributed by atoms with Crippen molar-refractivity contribution < 1.29 is 9.47 Å². The Morgan fingerprint density at radius 1 is 0.920 bits per heavy atom. The highest BCUT2D eigenvalue weighted by atomic mass is 16.7. The Labute approximate surface area is 153 Å². The fraction of sp³-hybridized carbons (Fsp3) is 0.826. The van der Waals surface area contributed by atoms with Gasteiger partial charge in [-0.3, -0.25) is 0 Å². The lowest BCUT2D eigenvalue weighted by Gasteiger charge is -2.58. The molecule has 0 aromatic carbocycles. The molecule has 2 heteroatoms. The van der Waals surface area contributed by atoms with Gasteiger partial charge in [0.05, 0.1) is 13.2 Å². The average molecular weight is 343 g/mol. The number of hydrogen-bond acceptors (Lipinski definition) is 2. The van der Waals surface area contributed by atoms with Gasteiger partial charge in [-0.15, -0.1) is 0 Å². The van der Waals surface area contributed by atoms with Crippen LogP contribution in [0, 0.1) is 28.6 Å². The van der Waals surface area contributed by atoms with Gasteiger partial charge in [0, 0.05) is 6.42 Å². The van der Waals surface area contributed by atoms with E-state index < -0.39 is 0 Å². The second kappa shape index (κ2) is 5.45. The molecule has 4 fully saturated rings. The number of hydrogen-bond donors (Lipinski definition) is 0. The minimum absolute atomic E-state index is 0.365. The molecule has 1 saturated heterocycles. The van der Waals surface area contributed by atoms with Crippen LogP contribution in [-0.4, -0.2) is 19.0 Å². The standard InChI is InChI=1S/C23H34O2/c1-4-16-6-8-19-18-7-5-17-15-23(24-13-14-25-23)12-11-22(17,3)20(18)9-10-21(16,19)2/h4,15,18-20H,5-14H2,1-3H3/t18?,19?,20?,21-,22+/m0/s1. The van der Waals surface area contributed by atoms with E-state index in [-0.39, 0.29) is 5.79 Å². The monoisotopic (exact) mass is 342 g/mol. The van der Waals surface area contributed by atoms with Crippen molar-refractivity contribution >= 4 is 0 Å². The van der Waals surface area contributed by atoms with Gasteiger partial charge in [0.1, 0.15) is 0 Å². The Morgan fingerprint density at radius 2 is 1.68 bits per heavy atom. The predicted molar refractivity (Wildman–Crippen MR) is 100 cm³/mol. The van der Waals surface area contributed by atoms with Crippen LogP contribution < -0.4 is 0 Å². The Kier molecular flexibility index (Phi) is 3.61. The van der Waals surface area contributed by atoms with Crippen LogP contribution in [0.1, 0.15) is 72.1 Å². The minimum atomic E-state index is -0.365. The third kappa shape index (κ3) is 2.16. The zero-order chi connectivity index (χ0) is 17.3. The van der Waals surface area contributed by atoms with E-state index in [1.165, 1.54) is 44.9 Å². The van der Waals surface area contributed by atoms with Crippen molar-refractivity contribution in [2.24, 2.45) is 28.6 Å². The Bertz CT molecular complexity index is 626. The van der Waals surface area contributed by atoms with Gasteiger partial charge in [-0.1, -0.05) is 31.1 Å². The van der Waals surface area contributed by atoms with Crippen molar-refractivity contribution in [2.45, 2.75) is 77.9 Å². The van der Waals surface area contributed by atoms with Crippen molar-refractivity contribution in [1.82, 2.24) is 0 Å². The van der Waals surface area contributed by atoms with E-state index in [4.69, 9.17) is 9.47 Å². The van der Waals surface area contributed by atoms with Crippen LogP contribution in [0.3, 0.4) is 0 Å². The van der Waals surface area contributed by atoms with E-state index in [2.05, 4.69) is 32.9 Å². The van der Waals surface area contributed by atoms with E-state index in [9.17, 15) is 0 Å². The normalized spacial score (nSPS) is 49.6. The summed E-state index contributed by atoms with van der Waals surface area (Å²) in [5, 5.41) is 0. The van der Waals surface area contributed by atoms with Gasteiger partial charge >= 0.3 is 0 Å². The molecule has 1 spiro atoms. The van der Waals surface area contributed by atoms with E-state index in [0.29, 0.717) is 10.8 Å². The second-order valence-electron chi connectivity index (χ2n) is 9.82. The summed E-state index contributed by atoms with van der Waals surface area (Å²) in [5.74, 6) is 2.36. The van der Waals surface area contributed by atoms with E-state index in [1.807, 2.05) is 0 Å². The molecule has 2 nitrogen and oxygen atoms in total. The third-order valence-corrected chi connectivity index (χ3v) is 9.10. The van der Waals surface area contributed by atoms with Crippen molar-refractivity contribution in [3.63, 3.8) is 0 Å². The molecule has 0 radical (unpaired) electrons. The molecule has 138 valence electrons. The summed E-state index contributed by atoms with van der Waals surface area (Å²) in [4.78, 5) is 0. The molecule has 5 atom stereocenters. The van der Waals surface area contributed by atoms with Gasteiger partial charge in [0.15, 0.2) is 5.79 Å². The van der Waals surface area contributed by atoms with Gasteiger partial charge < -0.3 is 9.47 Å². The summed E-state index contributed by atoms with van der Waals surface area (Å²) < 4.78 is 12.0. The number of rotatable bonds is 0. The van der Waals surface area contributed by atoms with Crippen molar-refractivity contribution in [3.8, 4) is 0 Å². The van der Waals surface area contributed by atoms with Crippen molar-refractivity contribution in [1.29, 1.82) is 0 Å². The highest BCUT2D eigenvalue weighted by Crippen LogP contribution is 2.67. The summed E-state index contributed by atoms with van der Waals surface area (Å²) in [6, 6.07) is 0.